The average molecular weight is 316 g/mol. The minimum absolute atomic E-state index is 0.0980. The van der Waals surface area contributed by atoms with Gasteiger partial charge in [-0.25, -0.2) is 0 Å². The lowest BCUT2D eigenvalue weighted by atomic mass is 10.1. The maximum atomic E-state index is 11.9. The molecule has 0 radical (unpaired) electrons. The van der Waals surface area contributed by atoms with Gasteiger partial charge >= 0.3 is 0 Å². The molecular formula is C17H16O4S. The Bertz CT molecular complexity index is 760. The van der Waals surface area contributed by atoms with Crippen LogP contribution in [0.15, 0.2) is 71.6 Å². The Morgan fingerprint density at radius 3 is 2.32 bits per heavy atom. The van der Waals surface area contributed by atoms with E-state index in [2.05, 4.69) is 0 Å². The molecule has 0 aromatic heterocycles. The van der Waals surface area contributed by atoms with E-state index >= 15 is 0 Å². The van der Waals surface area contributed by atoms with E-state index in [9.17, 15) is 13.2 Å². The van der Waals surface area contributed by atoms with E-state index in [0.29, 0.717) is 5.56 Å². The summed E-state index contributed by atoms with van der Waals surface area (Å²) in [6, 6.07) is 15.1. The molecule has 0 saturated carbocycles. The molecule has 0 aliphatic rings. The summed E-state index contributed by atoms with van der Waals surface area (Å²) in [4.78, 5) is 11.9. The molecular weight excluding hydrogens is 300 g/mol. The highest BCUT2D eigenvalue weighted by Gasteiger charge is 2.13. The largest absolute Gasteiger partial charge is 0.297 e. The Kier molecular flexibility index (Phi) is 5.25. The van der Waals surface area contributed by atoms with E-state index < -0.39 is 10.1 Å². The highest BCUT2D eigenvalue weighted by Crippen LogP contribution is 2.13. The molecule has 0 atom stereocenters. The van der Waals surface area contributed by atoms with Gasteiger partial charge in [0.15, 0.2) is 5.78 Å². The van der Waals surface area contributed by atoms with Gasteiger partial charge in [0.2, 0.25) is 0 Å². The van der Waals surface area contributed by atoms with Crippen molar-refractivity contribution in [2.45, 2.75) is 11.8 Å². The number of allylic oxidation sites excluding steroid dienone is 1. The number of carbonyl (C=O) groups excluding carboxylic acids is 1. The van der Waals surface area contributed by atoms with Gasteiger partial charge in [-0.05, 0) is 25.1 Å². The Labute approximate surface area is 130 Å². The standard InChI is InChI=1S/C17H16O4S/c1-14-9-11-16(12-10-14)22(19,20)21-13-5-8-17(18)15-6-3-2-4-7-15/h2-12H,13H2,1H3/b8-5+. The van der Waals surface area contributed by atoms with Crippen LogP contribution in [0.5, 0.6) is 0 Å². The van der Waals surface area contributed by atoms with Crippen molar-refractivity contribution < 1.29 is 17.4 Å². The van der Waals surface area contributed by atoms with E-state index in [1.807, 2.05) is 13.0 Å². The summed E-state index contributed by atoms with van der Waals surface area (Å²) in [5.41, 5.74) is 1.51. The number of ketones is 1. The molecule has 0 N–H and O–H groups in total. The molecule has 114 valence electrons. The van der Waals surface area contributed by atoms with Crippen LogP contribution >= 0.6 is 0 Å². The lowest BCUT2D eigenvalue weighted by Crippen LogP contribution is -2.06. The number of hydrogen-bond donors (Lipinski definition) is 0. The van der Waals surface area contributed by atoms with E-state index in [-0.39, 0.29) is 17.3 Å². The quantitative estimate of drug-likeness (QED) is 0.467. The Morgan fingerprint density at radius 1 is 1.05 bits per heavy atom. The van der Waals surface area contributed by atoms with Crippen LogP contribution in [0, 0.1) is 6.92 Å². The fourth-order valence-electron chi connectivity index (χ4n) is 1.76. The number of rotatable bonds is 6. The first-order valence-electron chi connectivity index (χ1n) is 6.71. The summed E-state index contributed by atoms with van der Waals surface area (Å²) >= 11 is 0. The molecule has 2 aromatic rings. The predicted octanol–water partition coefficient (Wildman–Crippen LogP) is 3.14. The second-order valence-corrected chi connectivity index (χ2v) is 6.30. The summed E-state index contributed by atoms with van der Waals surface area (Å²) in [5.74, 6) is -0.197. The van der Waals surface area contributed by atoms with Crippen molar-refractivity contribution in [2.24, 2.45) is 0 Å². The topological polar surface area (TPSA) is 60.4 Å². The SMILES string of the molecule is Cc1ccc(S(=O)(=O)OC/C=C/C(=O)c2ccccc2)cc1. The van der Waals surface area contributed by atoms with E-state index in [4.69, 9.17) is 4.18 Å². The Hall–Kier alpha value is -2.24. The van der Waals surface area contributed by atoms with Gasteiger partial charge in [0.05, 0.1) is 11.5 Å². The first kappa shape index (κ1) is 16.1. The molecule has 0 saturated heterocycles. The average Bonchev–Trinajstić information content (AvgIpc) is 2.52. The van der Waals surface area contributed by atoms with Gasteiger partial charge in [0.25, 0.3) is 10.1 Å². The zero-order chi connectivity index (χ0) is 16.0. The third-order valence-electron chi connectivity index (χ3n) is 2.96. The molecule has 22 heavy (non-hydrogen) atoms. The molecule has 0 spiro atoms. The van der Waals surface area contributed by atoms with E-state index in [1.165, 1.54) is 24.3 Å². The zero-order valence-electron chi connectivity index (χ0n) is 12.1. The number of hydrogen-bond acceptors (Lipinski definition) is 4. The van der Waals surface area contributed by atoms with Crippen molar-refractivity contribution in [3.63, 3.8) is 0 Å². The smallest absolute Gasteiger partial charge is 0.289 e. The maximum absolute atomic E-state index is 11.9. The summed E-state index contributed by atoms with van der Waals surface area (Å²) in [5, 5.41) is 0. The van der Waals surface area contributed by atoms with E-state index in [0.717, 1.165) is 5.56 Å². The van der Waals surface area contributed by atoms with Gasteiger partial charge in [-0.1, -0.05) is 54.1 Å². The first-order valence-corrected chi connectivity index (χ1v) is 8.12. The summed E-state index contributed by atoms with van der Waals surface area (Å²) in [7, 11) is -3.80. The number of carbonyl (C=O) groups is 1. The van der Waals surface area contributed by atoms with Crippen LogP contribution in [0.3, 0.4) is 0 Å². The second-order valence-electron chi connectivity index (χ2n) is 4.68. The number of benzene rings is 2. The molecule has 0 aliphatic heterocycles. The van der Waals surface area contributed by atoms with Gasteiger partial charge in [0.1, 0.15) is 0 Å². The van der Waals surface area contributed by atoms with Crippen LogP contribution in [0.25, 0.3) is 0 Å². The van der Waals surface area contributed by atoms with Crippen molar-refractivity contribution in [1.82, 2.24) is 0 Å². The fourth-order valence-corrected chi connectivity index (χ4v) is 2.62. The molecule has 0 amide bonds. The third-order valence-corrected chi connectivity index (χ3v) is 4.25. The molecule has 0 fully saturated rings. The van der Waals surface area contributed by atoms with Gasteiger partial charge in [-0.2, -0.15) is 8.42 Å². The predicted molar refractivity (Wildman–Crippen MR) is 84.2 cm³/mol. The highest BCUT2D eigenvalue weighted by atomic mass is 32.2. The lowest BCUT2D eigenvalue weighted by molar-refractivity contribution is 0.104. The zero-order valence-corrected chi connectivity index (χ0v) is 12.9. The van der Waals surface area contributed by atoms with Crippen molar-refractivity contribution in [1.29, 1.82) is 0 Å². The van der Waals surface area contributed by atoms with Crippen molar-refractivity contribution in [3.8, 4) is 0 Å². The van der Waals surface area contributed by atoms with Gasteiger partial charge < -0.3 is 0 Å². The van der Waals surface area contributed by atoms with E-state index in [1.54, 1.807) is 36.4 Å². The molecule has 4 nitrogen and oxygen atoms in total. The summed E-state index contributed by atoms with van der Waals surface area (Å²) in [6.45, 7) is 1.68. The molecule has 5 heteroatoms. The van der Waals surface area contributed by atoms with Crippen LogP contribution < -0.4 is 0 Å². The van der Waals surface area contributed by atoms with Crippen LogP contribution in [-0.4, -0.2) is 20.8 Å². The summed E-state index contributed by atoms with van der Waals surface area (Å²) in [6.07, 6.45) is 2.70. The molecule has 0 aliphatic carbocycles. The van der Waals surface area contributed by atoms with Crippen LogP contribution in [0.1, 0.15) is 15.9 Å². The number of aryl methyl sites for hydroxylation is 1. The van der Waals surface area contributed by atoms with Crippen molar-refractivity contribution in [2.75, 3.05) is 6.61 Å². The molecule has 2 aromatic carbocycles. The van der Waals surface area contributed by atoms with Gasteiger partial charge in [-0.15, -0.1) is 0 Å². The van der Waals surface area contributed by atoms with Crippen LogP contribution in [0.2, 0.25) is 0 Å². The van der Waals surface area contributed by atoms with Gasteiger partial charge in [-0.3, -0.25) is 8.98 Å². The maximum Gasteiger partial charge on any atom is 0.297 e. The molecule has 2 rings (SSSR count). The minimum Gasteiger partial charge on any atom is -0.289 e. The first-order chi connectivity index (χ1) is 10.5. The highest BCUT2D eigenvalue weighted by molar-refractivity contribution is 7.86. The van der Waals surface area contributed by atoms with Crippen molar-refractivity contribution >= 4 is 15.9 Å². The van der Waals surface area contributed by atoms with Gasteiger partial charge in [0, 0.05) is 5.56 Å². The second kappa shape index (κ2) is 7.15. The Balaban J connectivity index is 1.94. The normalized spacial score (nSPS) is 11.7. The summed E-state index contributed by atoms with van der Waals surface area (Å²) < 4.78 is 28.7. The van der Waals surface area contributed by atoms with Crippen molar-refractivity contribution in [3.05, 3.63) is 77.9 Å². The fraction of sp³-hybridized carbons (Fsp3) is 0.118. The third kappa shape index (κ3) is 4.38. The van der Waals surface area contributed by atoms with Crippen LogP contribution in [0.4, 0.5) is 0 Å². The molecule has 0 bridgehead atoms. The molecule has 0 heterocycles. The van der Waals surface area contributed by atoms with Crippen LogP contribution in [-0.2, 0) is 14.3 Å². The Morgan fingerprint density at radius 2 is 1.68 bits per heavy atom. The molecule has 0 unspecified atom stereocenters. The minimum atomic E-state index is -3.80. The lowest BCUT2D eigenvalue weighted by Gasteiger charge is -2.03. The monoisotopic (exact) mass is 316 g/mol.